The Hall–Kier alpha value is -0.820. The summed E-state index contributed by atoms with van der Waals surface area (Å²) in [5.41, 5.74) is 0. The third kappa shape index (κ3) is 8.05. The number of hydrogen-bond acceptors (Lipinski definition) is 3. The summed E-state index contributed by atoms with van der Waals surface area (Å²) in [6.07, 6.45) is 7.39. The molecule has 0 bridgehead atoms. The molecule has 0 radical (unpaired) electrons. The Balaban J connectivity index is 2.37. The van der Waals surface area contributed by atoms with Crippen LogP contribution in [0.3, 0.4) is 0 Å². The molecule has 3 N–H and O–H groups in total. The molecule has 0 unspecified atom stereocenters. The van der Waals surface area contributed by atoms with E-state index in [1.807, 2.05) is 6.92 Å². The Bertz CT molecular complexity index is 375. The molecule has 0 aliphatic heterocycles. The van der Waals surface area contributed by atoms with E-state index < -0.39 is 10.0 Å². The molecule has 0 aromatic rings. The Kier molecular flexibility index (Phi) is 7.15. The predicted octanol–water partition coefficient (Wildman–Crippen LogP) is 0.423. The van der Waals surface area contributed by atoms with Crippen molar-refractivity contribution < 1.29 is 8.42 Å². The average molecular weight is 290 g/mol. The fraction of sp³-hybridized carbons (Fsp3) is 0.917. The van der Waals surface area contributed by atoms with Gasteiger partial charge in [0, 0.05) is 19.1 Å². The number of nitrogens with zero attached hydrogens (tertiary/aromatic N) is 1. The molecule has 1 fully saturated rings. The minimum Gasteiger partial charge on any atom is -0.357 e. The molecular weight excluding hydrogens is 264 g/mol. The Morgan fingerprint density at radius 2 is 1.95 bits per heavy atom. The summed E-state index contributed by atoms with van der Waals surface area (Å²) in [4.78, 5) is 4.38. The van der Waals surface area contributed by atoms with Crippen LogP contribution in [0.4, 0.5) is 0 Å². The second kappa shape index (κ2) is 8.37. The average Bonchev–Trinajstić information content (AvgIpc) is 2.35. The number of hydrogen-bond donors (Lipinski definition) is 3. The van der Waals surface area contributed by atoms with Gasteiger partial charge in [0.05, 0.1) is 12.8 Å². The lowest BCUT2D eigenvalue weighted by atomic mass is 9.96. The molecule has 1 aliphatic rings. The van der Waals surface area contributed by atoms with Gasteiger partial charge in [-0.05, 0) is 19.8 Å². The van der Waals surface area contributed by atoms with Crippen molar-refractivity contribution in [3.05, 3.63) is 0 Å². The zero-order valence-corrected chi connectivity index (χ0v) is 12.7. The predicted molar refractivity (Wildman–Crippen MR) is 78.8 cm³/mol. The Morgan fingerprint density at radius 3 is 2.53 bits per heavy atom. The highest BCUT2D eigenvalue weighted by Gasteiger charge is 2.14. The van der Waals surface area contributed by atoms with Crippen LogP contribution < -0.4 is 15.4 Å². The van der Waals surface area contributed by atoms with Crippen molar-refractivity contribution in [2.75, 3.05) is 25.9 Å². The van der Waals surface area contributed by atoms with Crippen LogP contribution in [0.1, 0.15) is 39.0 Å². The second-order valence-electron chi connectivity index (χ2n) is 4.91. The molecule has 7 heteroatoms. The lowest BCUT2D eigenvalue weighted by Crippen LogP contribution is -2.44. The van der Waals surface area contributed by atoms with E-state index in [1.165, 1.54) is 32.1 Å². The number of nitrogens with one attached hydrogen (secondary N) is 3. The van der Waals surface area contributed by atoms with Crippen molar-refractivity contribution in [2.24, 2.45) is 4.99 Å². The highest BCUT2D eigenvalue weighted by atomic mass is 32.2. The number of guanidine groups is 1. The van der Waals surface area contributed by atoms with Crippen LogP contribution in [-0.2, 0) is 10.0 Å². The van der Waals surface area contributed by atoms with E-state index in [-0.39, 0.29) is 0 Å². The quantitative estimate of drug-likeness (QED) is 0.376. The van der Waals surface area contributed by atoms with E-state index in [1.54, 1.807) is 0 Å². The number of aliphatic imine (C=N–C) groups is 1. The maximum absolute atomic E-state index is 10.9. The molecule has 0 amide bonds. The summed E-state index contributed by atoms with van der Waals surface area (Å²) in [6, 6.07) is 0.495. The normalized spacial score (nSPS) is 18.3. The van der Waals surface area contributed by atoms with E-state index in [2.05, 4.69) is 20.3 Å². The number of sulfonamides is 1. The van der Waals surface area contributed by atoms with Gasteiger partial charge in [-0.1, -0.05) is 19.3 Å². The number of rotatable bonds is 6. The maximum atomic E-state index is 10.9. The van der Waals surface area contributed by atoms with Gasteiger partial charge in [-0.15, -0.1) is 0 Å². The SMILES string of the molecule is CCNC(=NCCNS(C)(=O)=O)NC1CCCCC1. The molecular formula is C12H26N4O2S. The summed E-state index contributed by atoms with van der Waals surface area (Å²) >= 11 is 0. The molecule has 6 nitrogen and oxygen atoms in total. The van der Waals surface area contributed by atoms with Crippen molar-refractivity contribution in [3.63, 3.8) is 0 Å². The zero-order valence-electron chi connectivity index (χ0n) is 11.9. The summed E-state index contributed by atoms with van der Waals surface area (Å²) in [7, 11) is -3.12. The van der Waals surface area contributed by atoms with Crippen LogP contribution in [0.25, 0.3) is 0 Å². The third-order valence-corrected chi connectivity index (χ3v) is 3.76. The molecule has 1 saturated carbocycles. The van der Waals surface area contributed by atoms with Gasteiger partial charge in [0.25, 0.3) is 0 Å². The summed E-state index contributed by atoms with van der Waals surface area (Å²) in [5.74, 6) is 0.782. The molecule has 112 valence electrons. The van der Waals surface area contributed by atoms with Gasteiger partial charge < -0.3 is 10.6 Å². The van der Waals surface area contributed by atoms with E-state index in [9.17, 15) is 8.42 Å². The van der Waals surface area contributed by atoms with Crippen LogP contribution >= 0.6 is 0 Å². The summed E-state index contributed by atoms with van der Waals surface area (Å²) in [5, 5.41) is 6.61. The molecule has 1 rings (SSSR count). The third-order valence-electron chi connectivity index (χ3n) is 3.04. The van der Waals surface area contributed by atoms with E-state index in [0.717, 1.165) is 18.8 Å². The minimum atomic E-state index is -3.12. The van der Waals surface area contributed by atoms with Gasteiger partial charge in [0.1, 0.15) is 0 Å². The topological polar surface area (TPSA) is 82.6 Å². The van der Waals surface area contributed by atoms with Gasteiger partial charge in [-0.2, -0.15) is 0 Å². The first-order valence-electron chi connectivity index (χ1n) is 7.00. The first-order valence-corrected chi connectivity index (χ1v) is 8.90. The van der Waals surface area contributed by atoms with Crippen molar-refractivity contribution in [2.45, 2.75) is 45.1 Å². The highest BCUT2D eigenvalue weighted by molar-refractivity contribution is 7.88. The molecule has 0 aromatic heterocycles. The van der Waals surface area contributed by atoms with Crippen LogP contribution in [-0.4, -0.2) is 46.3 Å². The van der Waals surface area contributed by atoms with Gasteiger partial charge in [-0.25, -0.2) is 13.1 Å². The van der Waals surface area contributed by atoms with Crippen LogP contribution in [0, 0.1) is 0 Å². The Labute approximate surface area is 116 Å². The van der Waals surface area contributed by atoms with Crippen LogP contribution in [0.5, 0.6) is 0 Å². The lowest BCUT2D eigenvalue weighted by molar-refractivity contribution is 0.410. The molecule has 0 spiro atoms. The van der Waals surface area contributed by atoms with Gasteiger partial charge >= 0.3 is 0 Å². The van der Waals surface area contributed by atoms with Crippen molar-refractivity contribution in [1.82, 2.24) is 15.4 Å². The minimum absolute atomic E-state index is 0.333. The molecule has 0 saturated heterocycles. The molecule has 0 atom stereocenters. The first-order chi connectivity index (χ1) is 9.01. The molecule has 0 aromatic carbocycles. The van der Waals surface area contributed by atoms with Crippen LogP contribution in [0.15, 0.2) is 4.99 Å². The highest BCUT2D eigenvalue weighted by Crippen LogP contribution is 2.17. The van der Waals surface area contributed by atoms with Crippen LogP contribution in [0.2, 0.25) is 0 Å². The molecule has 1 aliphatic carbocycles. The molecule has 0 heterocycles. The van der Waals surface area contributed by atoms with Gasteiger partial charge in [0.2, 0.25) is 10.0 Å². The smallest absolute Gasteiger partial charge is 0.208 e. The fourth-order valence-corrected chi connectivity index (χ4v) is 2.62. The standard InChI is InChI=1S/C12H26N4O2S/c1-3-13-12(14-9-10-15-19(2,17)18)16-11-7-5-4-6-8-11/h11,15H,3-10H2,1-2H3,(H2,13,14,16). The maximum Gasteiger partial charge on any atom is 0.208 e. The summed E-state index contributed by atoms with van der Waals surface area (Å²) < 4.78 is 24.3. The zero-order chi connectivity index (χ0) is 14.1. The summed E-state index contributed by atoms with van der Waals surface area (Å²) in [6.45, 7) is 3.60. The first kappa shape index (κ1) is 16.2. The van der Waals surface area contributed by atoms with Crippen molar-refractivity contribution in [3.8, 4) is 0 Å². The molecule has 19 heavy (non-hydrogen) atoms. The van der Waals surface area contributed by atoms with Crippen molar-refractivity contribution >= 4 is 16.0 Å². The Morgan fingerprint density at radius 1 is 1.26 bits per heavy atom. The van der Waals surface area contributed by atoms with Crippen molar-refractivity contribution in [1.29, 1.82) is 0 Å². The monoisotopic (exact) mass is 290 g/mol. The largest absolute Gasteiger partial charge is 0.357 e. The van der Waals surface area contributed by atoms with E-state index in [4.69, 9.17) is 0 Å². The second-order valence-corrected chi connectivity index (χ2v) is 6.74. The van der Waals surface area contributed by atoms with Gasteiger partial charge in [0.15, 0.2) is 5.96 Å². The van der Waals surface area contributed by atoms with Gasteiger partial charge in [-0.3, -0.25) is 4.99 Å². The van der Waals surface area contributed by atoms with E-state index >= 15 is 0 Å². The lowest BCUT2D eigenvalue weighted by Gasteiger charge is -2.24. The fourth-order valence-electron chi connectivity index (χ4n) is 2.16. The van der Waals surface area contributed by atoms with E-state index in [0.29, 0.717) is 19.1 Å².